The predicted molar refractivity (Wildman–Crippen MR) is 48.7 cm³/mol. The fourth-order valence-corrected chi connectivity index (χ4v) is 1.06. The topological polar surface area (TPSA) is 44.1 Å². The van der Waals surface area contributed by atoms with E-state index in [9.17, 15) is 4.79 Å². The van der Waals surface area contributed by atoms with Crippen molar-refractivity contribution in [3.63, 3.8) is 0 Å². The number of benzene rings is 1. The number of rotatable bonds is 3. The van der Waals surface area contributed by atoms with E-state index in [0.717, 1.165) is 12.0 Å². The molecular formula is C10H10N2O. The van der Waals surface area contributed by atoms with Crippen LogP contribution in [0.5, 0.6) is 0 Å². The molecule has 0 aromatic heterocycles. The van der Waals surface area contributed by atoms with Crippen LogP contribution in [0.1, 0.15) is 11.1 Å². The molecule has 0 bridgehead atoms. The van der Waals surface area contributed by atoms with Gasteiger partial charge in [-0.05, 0) is 17.7 Å². The van der Waals surface area contributed by atoms with Crippen molar-refractivity contribution in [2.75, 3.05) is 7.05 Å². The number of nitrogens with zero attached hydrogens (tertiary/aromatic N) is 2. The molecule has 13 heavy (non-hydrogen) atoms. The molecule has 0 aliphatic heterocycles. The highest BCUT2D eigenvalue weighted by Crippen LogP contribution is 2.05. The molecule has 0 saturated heterocycles. The Kier molecular flexibility index (Phi) is 3.04. The summed E-state index contributed by atoms with van der Waals surface area (Å²) >= 11 is 0. The Hall–Kier alpha value is -1.82. The van der Waals surface area contributed by atoms with E-state index >= 15 is 0 Å². The van der Waals surface area contributed by atoms with E-state index in [4.69, 9.17) is 5.26 Å². The minimum Gasteiger partial charge on any atom is -0.344 e. The summed E-state index contributed by atoms with van der Waals surface area (Å²) in [6, 6.07) is 9.27. The van der Waals surface area contributed by atoms with Crippen molar-refractivity contribution < 1.29 is 4.79 Å². The highest BCUT2D eigenvalue weighted by molar-refractivity contribution is 5.47. The second-order valence-electron chi connectivity index (χ2n) is 2.83. The maximum Gasteiger partial charge on any atom is 0.209 e. The maximum atomic E-state index is 10.3. The molecule has 0 saturated carbocycles. The van der Waals surface area contributed by atoms with Crippen molar-refractivity contribution >= 4 is 6.41 Å². The average molecular weight is 174 g/mol. The van der Waals surface area contributed by atoms with Crippen LogP contribution >= 0.6 is 0 Å². The summed E-state index contributed by atoms with van der Waals surface area (Å²) in [5, 5.41) is 8.62. The third kappa shape index (κ3) is 2.60. The summed E-state index contributed by atoms with van der Waals surface area (Å²) in [5.41, 5.74) is 1.59. The van der Waals surface area contributed by atoms with E-state index in [1.165, 1.54) is 4.90 Å². The first-order valence-corrected chi connectivity index (χ1v) is 3.91. The van der Waals surface area contributed by atoms with Crippen molar-refractivity contribution in [3.8, 4) is 6.07 Å². The van der Waals surface area contributed by atoms with Crippen molar-refractivity contribution in [2.24, 2.45) is 0 Å². The Bertz CT molecular complexity index is 341. The molecule has 0 radical (unpaired) electrons. The molecule has 3 nitrogen and oxygen atoms in total. The van der Waals surface area contributed by atoms with Gasteiger partial charge in [-0.1, -0.05) is 12.1 Å². The fourth-order valence-electron chi connectivity index (χ4n) is 1.06. The van der Waals surface area contributed by atoms with Crippen LogP contribution in [0.2, 0.25) is 0 Å². The van der Waals surface area contributed by atoms with Crippen molar-refractivity contribution in [1.29, 1.82) is 5.26 Å². The standard InChI is InChI=1S/C10H10N2O/c1-12(8-13)7-10-4-2-3-9(5-10)6-11/h2-5,8H,7H2,1H3. The fraction of sp³-hybridized carbons (Fsp3) is 0.200. The average Bonchev–Trinajstić information content (AvgIpc) is 2.18. The van der Waals surface area contributed by atoms with Crippen LogP contribution in [0.25, 0.3) is 0 Å². The molecule has 0 aliphatic rings. The smallest absolute Gasteiger partial charge is 0.209 e. The van der Waals surface area contributed by atoms with E-state index in [-0.39, 0.29) is 0 Å². The van der Waals surface area contributed by atoms with E-state index in [2.05, 4.69) is 6.07 Å². The Morgan fingerprint density at radius 2 is 2.38 bits per heavy atom. The number of carbonyl (C=O) groups excluding carboxylic acids is 1. The number of carbonyl (C=O) groups is 1. The molecule has 1 rings (SSSR count). The van der Waals surface area contributed by atoms with Gasteiger partial charge in [-0.2, -0.15) is 5.26 Å². The van der Waals surface area contributed by atoms with Crippen LogP contribution in [-0.4, -0.2) is 18.4 Å². The van der Waals surface area contributed by atoms with Crippen LogP contribution in [0.3, 0.4) is 0 Å². The summed E-state index contributed by atoms with van der Waals surface area (Å²) in [5.74, 6) is 0. The van der Waals surface area contributed by atoms with Gasteiger partial charge in [0, 0.05) is 13.6 Å². The summed E-state index contributed by atoms with van der Waals surface area (Å²) in [4.78, 5) is 11.8. The lowest BCUT2D eigenvalue weighted by Gasteiger charge is -2.09. The molecule has 0 unspecified atom stereocenters. The molecule has 1 amide bonds. The van der Waals surface area contributed by atoms with Crippen LogP contribution in [0, 0.1) is 11.3 Å². The largest absolute Gasteiger partial charge is 0.344 e. The minimum atomic E-state index is 0.541. The van der Waals surface area contributed by atoms with Gasteiger partial charge in [0.2, 0.25) is 6.41 Å². The first-order chi connectivity index (χ1) is 6.26. The number of amides is 1. The number of hydrogen-bond donors (Lipinski definition) is 0. The van der Waals surface area contributed by atoms with Gasteiger partial charge in [-0.15, -0.1) is 0 Å². The van der Waals surface area contributed by atoms with E-state index in [1.54, 1.807) is 19.2 Å². The summed E-state index contributed by atoms with van der Waals surface area (Å²) in [7, 11) is 1.70. The molecule has 3 heteroatoms. The highest BCUT2D eigenvalue weighted by Gasteiger charge is 1.97. The van der Waals surface area contributed by atoms with Gasteiger partial charge in [0.05, 0.1) is 11.6 Å². The number of nitriles is 1. The third-order valence-electron chi connectivity index (χ3n) is 1.67. The molecule has 0 atom stereocenters. The first kappa shape index (κ1) is 9.27. The van der Waals surface area contributed by atoms with Gasteiger partial charge in [-0.3, -0.25) is 4.79 Å². The van der Waals surface area contributed by atoms with E-state index in [1.807, 2.05) is 12.1 Å². The molecule has 66 valence electrons. The van der Waals surface area contributed by atoms with Crippen LogP contribution in [0.15, 0.2) is 24.3 Å². The first-order valence-electron chi connectivity index (χ1n) is 3.91. The van der Waals surface area contributed by atoms with Crippen molar-refractivity contribution in [2.45, 2.75) is 6.54 Å². The molecule has 0 fully saturated rings. The zero-order valence-corrected chi connectivity index (χ0v) is 7.40. The zero-order valence-electron chi connectivity index (χ0n) is 7.40. The Morgan fingerprint density at radius 1 is 1.62 bits per heavy atom. The van der Waals surface area contributed by atoms with Crippen molar-refractivity contribution in [1.82, 2.24) is 4.90 Å². The van der Waals surface area contributed by atoms with Gasteiger partial charge in [0.1, 0.15) is 0 Å². The zero-order chi connectivity index (χ0) is 9.68. The van der Waals surface area contributed by atoms with Gasteiger partial charge < -0.3 is 4.90 Å². The molecule has 0 aliphatic carbocycles. The number of hydrogen-bond acceptors (Lipinski definition) is 2. The van der Waals surface area contributed by atoms with Crippen LogP contribution < -0.4 is 0 Å². The SMILES string of the molecule is CN(C=O)Cc1cccc(C#N)c1. The monoisotopic (exact) mass is 174 g/mol. The lowest BCUT2D eigenvalue weighted by molar-refractivity contribution is -0.117. The quantitative estimate of drug-likeness (QED) is 0.645. The maximum absolute atomic E-state index is 10.3. The molecule has 1 aromatic carbocycles. The lowest BCUT2D eigenvalue weighted by Crippen LogP contribution is -2.14. The van der Waals surface area contributed by atoms with Gasteiger partial charge in [-0.25, -0.2) is 0 Å². The van der Waals surface area contributed by atoms with E-state index < -0.39 is 0 Å². The van der Waals surface area contributed by atoms with Crippen LogP contribution in [-0.2, 0) is 11.3 Å². The Morgan fingerprint density at radius 3 is 3.00 bits per heavy atom. The second-order valence-corrected chi connectivity index (χ2v) is 2.83. The third-order valence-corrected chi connectivity index (χ3v) is 1.67. The van der Waals surface area contributed by atoms with E-state index in [0.29, 0.717) is 12.1 Å². The molecule has 0 N–H and O–H groups in total. The van der Waals surface area contributed by atoms with Gasteiger partial charge >= 0.3 is 0 Å². The van der Waals surface area contributed by atoms with Gasteiger partial charge in [0.15, 0.2) is 0 Å². The molecular weight excluding hydrogens is 164 g/mol. The molecule has 0 heterocycles. The lowest BCUT2D eigenvalue weighted by atomic mass is 10.1. The minimum absolute atomic E-state index is 0.541. The Labute approximate surface area is 77.2 Å². The van der Waals surface area contributed by atoms with Gasteiger partial charge in [0.25, 0.3) is 0 Å². The Balaban J connectivity index is 2.78. The summed E-state index contributed by atoms with van der Waals surface area (Å²) in [6.45, 7) is 0.541. The predicted octanol–water partition coefficient (Wildman–Crippen LogP) is 1.15. The highest BCUT2D eigenvalue weighted by atomic mass is 16.1. The summed E-state index contributed by atoms with van der Waals surface area (Å²) < 4.78 is 0. The molecule has 1 aromatic rings. The van der Waals surface area contributed by atoms with Crippen LogP contribution in [0.4, 0.5) is 0 Å². The van der Waals surface area contributed by atoms with Crippen molar-refractivity contribution in [3.05, 3.63) is 35.4 Å². The molecule has 0 spiro atoms. The second kappa shape index (κ2) is 4.27. The summed E-state index contributed by atoms with van der Waals surface area (Å²) in [6.07, 6.45) is 0.763. The normalized spacial score (nSPS) is 8.92.